The number of esters is 2. The van der Waals surface area contributed by atoms with Crippen LogP contribution in [0.3, 0.4) is 0 Å². The van der Waals surface area contributed by atoms with Gasteiger partial charge in [-0.15, -0.1) is 0 Å². The molecule has 1 aliphatic rings. The zero-order valence-electron chi connectivity index (χ0n) is 39.3. The molecule has 5 heteroatoms. The molecule has 59 heavy (non-hydrogen) atoms. The second-order valence-electron chi connectivity index (χ2n) is 17.4. The Hall–Kier alpha value is -2.40. The molecule has 1 fully saturated rings. The first-order chi connectivity index (χ1) is 29.0. The molecule has 0 aliphatic heterocycles. The zero-order chi connectivity index (χ0) is 42.7. The molecule has 0 bridgehead atoms. The molecule has 5 nitrogen and oxygen atoms in total. The van der Waals surface area contributed by atoms with Gasteiger partial charge < -0.3 is 14.8 Å². The first kappa shape index (κ1) is 54.6. The monoisotopic (exact) mass is 822 g/mol. The predicted molar refractivity (Wildman–Crippen MR) is 256 cm³/mol. The minimum Gasteiger partial charge on any atom is -0.462 e. The Morgan fingerprint density at radius 2 is 1.05 bits per heavy atom. The summed E-state index contributed by atoms with van der Waals surface area (Å²) in [4.78, 5) is 26.2. The Kier molecular flexibility index (Phi) is 39.2. The molecule has 3 atom stereocenters. The lowest BCUT2D eigenvalue weighted by Gasteiger charge is -2.25. The Bertz CT molecular complexity index is 1060. The van der Waals surface area contributed by atoms with Crippen molar-refractivity contribution in [3.63, 3.8) is 0 Å². The van der Waals surface area contributed by atoms with Crippen molar-refractivity contribution in [2.75, 3.05) is 13.6 Å². The van der Waals surface area contributed by atoms with E-state index in [9.17, 15) is 9.59 Å². The first-order valence-corrected chi connectivity index (χ1v) is 25.3. The Morgan fingerprint density at radius 1 is 0.559 bits per heavy atom. The average Bonchev–Trinajstić information content (AvgIpc) is 3.59. The Morgan fingerprint density at radius 3 is 1.54 bits per heavy atom. The van der Waals surface area contributed by atoms with Crippen LogP contribution in [0.2, 0.25) is 0 Å². The standard InChI is InChI=1S/C54H95NO4/c1-5-8-11-13-15-17-19-21-23-25-27-29-31-33-35-38-41-50(42-39-36-34-32-30-28-26-24-22-20-18-16-14-12-9-6-2)58-54(57)48-49-45-46-52(51(49)43-37-10-7-3)59-53(56)44-40-47-55-4/h10,15-18,21-24,37,49-52,55H,5-9,11-14,19-20,25-36,38-48H2,1-4H3/b17-15-,18-16-,23-21-,24-22-,37-10-. The lowest BCUT2D eigenvalue weighted by atomic mass is 9.88. The smallest absolute Gasteiger partial charge is 0.306 e. The van der Waals surface area contributed by atoms with Crippen LogP contribution in [0.5, 0.6) is 0 Å². The van der Waals surface area contributed by atoms with Gasteiger partial charge in [-0.1, -0.05) is 159 Å². The van der Waals surface area contributed by atoms with Crippen molar-refractivity contribution >= 4 is 11.9 Å². The molecule has 1 aliphatic carbocycles. The second kappa shape index (κ2) is 42.3. The first-order valence-electron chi connectivity index (χ1n) is 25.3. The van der Waals surface area contributed by atoms with Gasteiger partial charge in [0, 0.05) is 18.8 Å². The van der Waals surface area contributed by atoms with Crippen LogP contribution in [0.15, 0.2) is 60.8 Å². The van der Waals surface area contributed by atoms with Crippen molar-refractivity contribution in [2.45, 2.75) is 245 Å². The third-order valence-electron chi connectivity index (χ3n) is 12.0. The number of ether oxygens (including phenoxy) is 2. The fourth-order valence-corrected chi connectivity index (χ4v) is 8.34. The number of hydrogen-bond donors (Lipinski definition) is 1. The van der Waals surface area contributed by atoms with Gasteiger partial charge in [-0.05, 0) is 142 Å². The van der Waals surface area contributed by atoms with E-state index >= 15 is 0 Å². The zero-order valence-corrected chi connectivity index (χ0v) is 39.3. The summed E-state index contributed by atoms with van der Waals surface area (Å²) in [5.74, 6) is 0.214. The summed E-state index contributed by atoms with van der Waals surface area (Å²) in [6.45, 7) is 7.47. The molecule has 0 heterocycles. The summed E-state index contributed by atoms with van der Waals surface area (Å²) in [7, 11) is 1.90. The highest BCUT2D eigenvalue weighted by Crippen LogP contribution is 2.39. The predicted octanol–water partition coefficient (Wildman–Crippen LogP) is 16.0. The van der Waals surface area contributed by atoms with E-state index in [1.807, 2.05) is 7.05 Å². The highest BCUT2D eigenvalue weighted by atomic mass is 16.5. The average molecular weight is 822 g/mol. The lowest BCUT2D eigenvalue weighted by Crippen LogP contribution is -2.27. The summed E-state index contributed by atoms with van der Waals surface area (Å²) in [5, 5.41) is 3.11. The third kappa shape index (κ3) is 33.9. The highest BCUT2D eigenvalue weighted by Gasteiger charge is 2.39. The number of rotatable bonds is 41. The van der Waals surface area contributed by atoms with Crippen molar-refractivity contribution in [2.24, 2.45) is 11.8 Å². The van der Waals surface area contributed by atoms with Crippen molar-refractivity contribution in [3.05, 3.63) is 60.8 Å². The summed E-state index contributed by atoms with van der Waals surface area (Å²) in [6.07, 6.45) is 59.9. The van der Waals surface area contributed by atoms with Crippen LogP contribution in [0.1, 0.15) is 233 Å². The van der Waals surface area contributed by atoms with E-state index in [1.54, 1.807) is 0 Å². The van der Waals surface area contributed by atoms with Crippen molar-refractivity contribution in [3.8, 4) is 0 Å². The minimum atomic E-state index is -0.111. The number of hydrogen-bond acceptors (Lipinski definition) is 5. The van der Waals surface area contributed by atoms with Gasteiger partial charge in [-0.2, -0.15) is 0 Å². The second-order valence-corrected chi connectivity index (χ2v) is 17.4. The van der Waals surface area contributed by atoms with Crippen LogP contribution in [-0.2, 0) is 19.1 Å². The van der Waals surface area contributed by atoms with Crippen LogP contribution in [0.25, 0.3) is 0 Å². The molecule has 1 rings (SSSR count). The topological polar surface area (TPSA) is 64.6 Å². The van der Waals surface area contributed by atoms with Gasteiger partial charge in [0.05, 0.1) is 0 Å². The van der Waals surface area contributed by atoms with E-state index in [1.165, 1.54) is 128 Å². The number of nitrogens with one attached hydrogen (secondary N) is 1. The molecule has 1 N–H and O–H groups in total. The summed E-state index contributed by atoms with van der Waals surface area (Å²) >= 11 is 0. The van der Waals surface area contributed by atoms with Crippen molar-refractivity contribution in [1.82, 2.24) is 5.32 Å². The summed E-state index contributed by atoms with van der Waals surface area (Å²) in [5.41, 5.74) is 0. The number of carbonyl (C=O) groups is 2. The van der Waals surface area contributed by atoms with Crippen LogP contribution in [0.4, 0.5) is 0 Å². The van der Waals surface area contributed by atoms with Gasteiger partial charge in [0.15, 0.2) is 0 Å². The van der Waals surface area contributed by atoms with Gasteiger partial charge in [-0.3, -0.25) is 9.59 Å². The molecule has 0 amide bonds. The van der Waals surface area contributed by atoms with Gasteiger partial charge in [0.1, 0.15) is 12.2 Å². The van der Waals surface area contributed by atoms with Crippen LogP contribution in [-0.4, -0.2) is 37.7 Å². The van der Waals surface area contributed by atoms with Gasteiger partial charge in [0.25, 0.3) is 0 Å². The van der Waals surface area contributed by atoms with E-state index in [0.717, 1.165) is 77.2 Å². The molecule has 0 radical (unpaired) electrons. The maximum Gasteiger partial charge on any atom is 0.306 e. The van der Waals surface area contributed by atoms with E-state index in [-0.39, 0.29) is 36.0 Å². The maximum atomic E-state index is 13.6. The molecule has 0 aromatic rings. The van der Waals surface area contributed by atoms with Gasteiger partial charge in [-0.25, -0.2) is 0 Å². The van der Waals surface area contributed by atoms with Crippen molar-refractivity contribution in [1.29, 1.82) is 0 Å². The normalized spacial score (nSPS) is 17.3. The molecule has 1 saturated carbocycles. The highest BCUT2D eigenvalue weighted by molar-refractivity contribution is 5.70. The fraction of sp³-hybridized carbons (Fsp3) is 0.778. The van der Waals surface area contributed by atoms with Crippen LogP contribution < -0.4 is 5.32 Å². The maximum absolute atomic E-state index is 13.6. The molecule has 0 saturated heterocycles. The number of carbonyl (C=O) groups excluding carboxylic acids is 2. The van der Waals surface area contributed by atoms with E-state index in [2.05, 4.69) is 86.8 Å². The third-order valence-corrected chi connectivity index (χ3v) is 12.0. The van der Waals surface area contributed by atoms with Gasteiger partial charge in [0.2, 0.25) is 0 Å². The Balaban J connectivity index is 2.53. The lowest BCUT2D eigenvalue weighted by molar-refractivity contribution is -0.152. The molecule has 340 valence electrons. The summed E-state index contributed by atoms with van der Waals surface area (Å²) in [6, 6.07) is 0. The fourth-order valence-electron chi connectivity index (χ4n) is 8.34. The van der Waals surface area contributed by atoms with E-state index in [4.69, 9.17) is 9.47 Å². The molecule has 0 spiro atoms. The molecular weight excluding hydrogens is 727 g/mol. The number of unbranched alkanes of at least 4 members (excludes halogenated alkanes) is 18. The minimum absolute atomic E-state index is 0.0137. The largest absolute Gasteiger partial charge is 0.462 e. The van der Waals surface area contributed by atoms with Crippen LogP contribution >= 0.6 is 0 Å². The molecule has 3 unspecified atom stereocenters. The molecular formula is C54H95NO4. The quantitative estimate of drug-likeness (QED) is 0.0378. The number of allylic oxidation sites excluding steroid dienone is 10. The Labute approximate surface area is 366 Å². The van der Waals surface area contributed by atoms with Gasteiger partial charge >= 0.3 is 11.9 Å². The molecule has 0 aromatic heterocycles. The molecule has 0 aromatic carbocycles. The van der Waals surface area contributed by atoms with E-state index < -0.39 is 0 Å². The van der Waals surface area contributed by atoms with Crippen molar-refractivity contribution < 1.29 is 19.1 Å². The van der Waals surface area contributed by atoms with E-state index in [0.29, 0.717) is 12.8 Å². The SMILES string of the molecule is CC/C=C\CC1C(CC(=O)OC(CCCCCCCC/C=C\C/C=C\CCCCC)CCCCCCCC/C=C\C/C=C\CCCCC)CCC1OC(=O)CCCNC. The van der Waals surface area contributed by atoms with Crippen LogP contribution in [0, 0.1) is 11.8 Å². The summed E-state index contributed by atoms with van der Waals surface area (Å²) < 4.78 is 12.3.